The summed E-state index contributed by atoms with van der Waals surface area (Å²) in [6, 6.07) is 10.7. The summed E-state index contributed by atoms with van der Waals surface area (Å²) in [6.45, 7) is 1.28. The third-order valence-corrected chi connectivity index (χ3v) is 2.24. The maximum atomic E-state index is 2.21. The van der Waals surface area contributed by atoms with Gasteiger partial charge in [-0.2, -0.15) is 0 Å². The van der Waals surface area contributed by atoms with Crippen LogP contribution in [0.2, 0.25) is 0 Å². The van der Waals surface area contributed by atoms with Gasteiger partial charge >= 0.3 is 0 Å². The molecule has 0 heterocycles. The normalized spacial score (nSPS) is 9.93. The summed E-state index contributed by atoms with van der Waals surface area (Å²) in [5, 5.41) is 0. The molecule has 1 nitrogen and oxygen atoms in total. The molecule has 0 saturated carbocycles. The molecule has 0 saturated heterocycles. The Morgan fingerprint density at radius 3 is 2.21 bits per heavy atom. The number of hydrogen-bond acceptors (Lipinski definition) is 0. The van der Waals surface area contributed by atoms with Crippen molar-refractivity contribution < 1.29 is 17.3 Å². The minimum absolute atomic E-state index is 0. The van der Waals surface area contributed by atoms with Crippen LogP contribution < -0.4 is 17.3 Å². The summed E-state index contributed by atoms with van der Waals surface area (Å²) in [7, 11) is 4.42. The van der Waals surface area contributed by atoms with Gasteiger partial charge in [-0.1, -0.05) is 30.3 Å². The largest absolute Gasteiger partial charge is 1.00 e. The Labute approximate surface area is 93.5 Å². The van der Waals surface area contributed by atoms with Gasteiger partial charge in [-0.3, -0.25) is 0 Å². The number of hydrogen-bond donors (Lipinski definition) is 1. The summed E-state index contributed by atoms with van der Waals surface area (Å²) in [5.74, 6) is 0. The second-order valence-electron chi connectivity index (χ2n) is 3.90. The maximum absolute atomic E-state index is 2.21. The second kappa shape index (κ2) is 7.84. The molecule has 0 aliphatic carbocycles. The standard InChI is InChI=1S/C12H19N.ClH/c1-13(2)11-7-6-10-12-8-4-3-5-9-12;/h3-5,8-9H,6-7,10-11H2,1-2H3;1H. The molecule has 1 aromatic carbocycles. The van der Waals surface area contributed by atoms with Crippen molar-refractivity contribution in [2.75, 3.05) is 20.6 Å². The summed E-state index contributed by atoms with van der Waals surface area (Å²) in [6.07, 6.45) is 3.88. The van der Waals surface area contributed by atoms with Gasteiger partial charge in [0.05, 0.1) is 20.6 Å². The lowest BCUT2D eigenvalue weighted by atomic mass is 10.1. The van der Waals surface area contributed by atoms with Crippen molar-refractivity contribution in [3.8, 4) is 0 Å². The quantitative estimate of drug-likeness (QED) is 0.549. The van der Waals surface area contributed by atoms with Gasteiger partial charge in [-0.15, -0.1) is 0 Å². The minimum Gasteiger partial charge on any atom is -1.00 e. The number of quaternary nitrogens is 1. The lowest BCUT2D eigenvalue weighted by Gasteiger charge is -2.06. The topological polar surface area (TPSA) is 4.44 Å². The van der Waals surface area contributed by atoms with Crippen LogP contribution in [0.4, 0.5) is 0 Å². The number of benzene rings is 1. The molecule has 80 valence electrons. The lowest BCUT2D eigenvalue weighted by molar-refractivity contribution is -0.858. The first-order valence-corrected chi connectivity index (χ1v) is 5.12. The average molecular weight is 214 g/mol. The highest BCUT2D eigenvalue weighted by molar-refractivity contribution is 5.14. The zero-order valence-corrected chi connectivity index (χ0v) is 9.85. The number of aryl methyl sites for hydroxylation is 1. The average Bonchev–Trinajstić information content (AvgIpc) is 2.14. The fourth-order valence-corrected chi connectivity index (χ4v) is 1.45. The zero-order valence-electron chi connectivity index (χ0n) is 9.09. The minimum atomic E-state index is 0. The van der Waals surface area contributed by atoms with E-state index in [4.69, 9.17) is 0 Å². The van der Waals surface area contributed by atoms with Crippen LogP contribution in [0.25, 0.3) is 0 Å². The molecule has 0 aliphatic rings. The van der Waals surface area contributed by atoms with Gasteiger partial charge in [-0.25, -0.2) is 0 Å². The summed E-state index contributed by atoms with van der Waals surface area (Å²) in [5.41, 5.74) is 1.47. The highest BCUT2D eigenvalue weighted by Crippen LogP contribution is 2.03. The molecule has 0 atom stereocenters. The number of rotatable bonds is 5. The Kier molecular flexibility index (Phi) is 7.54. The van der Waals surface area contributed by atoms with Crippen LogP contribution in [-0.4, -0.2) is 20.6 Å². The Hall–Kier alpha value is -0.530. The van der Waals surface area contributed by atoms with E-state index in [1.54, 1.807) is 4.90 Å². The van der Waals surface area contributed by atoms with Crippen molar-refractivity contribution in [3.05, 3.63) is 35.9 Å². The van der Waals surface area contributed by atoms with E-state index in [9.17, 15) is 0 Å². The Balaban J connectivity index is 0.00000169. The Morgan fingerprint density at radius 2 is 1.64 bits per heavy atom. The highest BCUT2D eigenvalue weighted by atomic mass is 35.5. The molecule has 0 bridgehead atoms. The Morgan fingerprint density at radius 1 is 1.00 bits per heavy atom. The van der Waals surface area contributed by atoms with E-state index in [0.717, 1.165) is 0 Å². The highest BCUT2D eigenvalue weighted by Gasteiger charge is 1.94. The van der Waals surface area contributed by atoms with Crippen LogP contribution in [0.3, 0.4) is 0 Å². The molecule has 0 aliphatic heterocycles. The number of halogens is 1. The van der Waals surface area contributed by atoms with Crippen LogP contribution in [0.5, 0.6) is 0 Å². The van der Waals surface area contributed by atoms with Gasteiger partial charge in [0.2, 0.25) is 0 Å². The monoisotopic (exact) mass is 213 g/mol. The van der Waals surface area contributed by atoms with Crippen LogP contribution in [0.1, 0.15) is 18.4 Å². The van der Waals surface area contributed by atoms with Crippen molar-refractivity contribution in [2.45, 2.75) is 19.3 Å². The van der Waals surface area contributed by atoms with Crippen LogP contribution in [0, 0.1) is 0 Å². The predicted octanol–water partition coefficient (Wildman–Crippen LogP) is -1.84. The van der Waals surface area contributed by atoms with Gasteiger partial charge < -0.3 is 17.3 Å². The van der Waals surface area contributed by atoms with Crippen LogP contribution >= 0.6 is 0 Å². The Bertz CT molecular complexity index is 221. The van der Waals surface area contributed by atoms with E-state index >= 15 is 0 Å². The van der Waals surface area contributed by atoms with Gasteiger partial charge in [0.1, 0.15) is 0 Å². The zero-order chi connectivity index (χ0) is 9.52. The first-order valence-electron chi connectivity index (χ1n) is 5.12. The van der Waals surface area contributed by atoms with E-state index in [1.165, 1.54) is 31.4 Å². The van der Waals surface area contributed by atoms with E-state index in [0.29, 0.717) is 0 Å². The van der Waals surface area contributed by atoms with Crippen molar-refractivity contribution in [1.29, 1.82) is 0 Å². The van der Waals surface area contributed by atoms with Crippen LogP contribution in [-0.2, 0) is 6.42 Å². The number of unbranched alkanes of at least 4 members (excludes halogenated alkanes) is 1. The fourth-order valence-electron chi connectivity index (χ4n) is 1.45. The van der Waals surface area contributed by atoms with E-state index in [-0.39, 0.29) is 12.4 Å². The summed E-state index contributed by atoms with van der Waals surface area (Å²) >= 11 is 0. The SMILES string of the molecule is C[NH+](C)CCCCc1ccccc1.[Cl-]. The molecule has 1 rings (SSSR count). The summed E-state index contributed by atoms with van der Waals surface area (Å²) in [4.78, 5) is 1.55. The molecule has 0 radical (unpaired) electrons. The predicted molar refractivity (Wildman–Crippen MR) is 57.1 cm³/mol. The molecular formula is C12H20ClN. The first-order chi connectivity index (χ1) is 6.29. The molecule has 14 heavy (non-hydrogen) atoms. The molecule has 0 spiro atoms. The van der Waals surface area contributed by atoms with Gasteiger partial charge in [0, 0.05) is 0 Å². The number of nitrogens with one attached hydrogen (secondary N) is 1. The third-order valence-electron chi connectivity index (χ3n) is 2.24. The van der Waals surface area contributed by atoms with Gasteiger partial charge in [-0.05, 0) is 24.8 Å². The van der Waals surface area contributed by atoms with Crippen molar-refractivity contribution >= 4 is 0 Å². The molecule has 0 fully saturated rings. The molecule has 2 heteroatoms. The first kappa shape index (κ1) is 13.5. The molecule has 0 aromatic heterocycles. The molecular weight excluding hydrogens is 194 g/mol. The van der Waals surface area contributed by atoms with Gasteiger partial charge in [0.15, 0.2) is 0 Å². The fraction of sp³-hybridized carbons (Fsp3) is 0.500. The molecule has 1 N–H and O–H groups in total. The van der Waals surface area contributed by atoms with Crippen molar-refractivity contribution in [2.24, 2.45) is 0 Å². The summed E-state index contributed by atoms with van der Waals surface area (Å²) < 4.78 is 0. The molecule has 0 unspecified atom stereocenters. The maximum Gasteiger partial charge on any atom is 0.0766 e. The van der Waals surface area contributed by atoms with Crippen molar-refractivity contribution in [3.63, 3.8) is 0 Å². The van der Waals surface area contributed by atoms with Gasteiger partial charge in [0.25, 0.3) is 0 Å². The van der Waals surface area contributed by atoms with E-state index < -0.39 is 0 Å². The van der Waals surface area contributed by atoms with E-state index in [1.807, 2.05) is 0 Å². The molecule has 1 aromatic rings. The molecule has 0 amide bonds. The van der Waals surface area contributed by atoms with Crippen LogP contribution in [0.15, 0.2) is 30.3 Å². The smallest absolute Gasteiger partial charge is 0.0766 e. The van der Waals surface area contributed by atoms with E-state index in [2.05, 4.69) is 44.4 Å². The lowest BCUT2D eigenvalue weighted by Crippen LogP contribution is -3.05. The third kappa shape index (κ3) is 6.01. The van der Waals surface area contributed by atoms with Crippen molar-refractivity contribution in [1.82, 2.24) is 0 Å². The second-order valence-corrected chi connectivity index (χ2v) is 3.90.